The number of benzene rings is 2. The number of aromatic amines is 1. The van der Waals surface area contributed by atoms with Gasteiger partial charge in [-0.1, -0.05) is 12.1 Å². The van der Waals surface area contributed by atoms with Crippen molar-refractivity contribution in [2.75, 3.05) is 4.72 Å². The standard InChI is InChI=1S/C18H19N5O4S2/c1-12-19-18(21-20-12)13-3-2-4-15(11-13)23-29(26,27)17-9-7-16(8-10-17)28(24,25)22-14-5-6-14/h2-4,7-11,14,22-23H,5-6H2,1H3,(H,19,20,21). The topological polar surface area (TPSA) is 134 Å². The Labute approximate surface area is 168 Å². The van der Waals surface area contributed by atoms with Gasteiger partial charge in [0.25, 0.3) is 10.0 Å². The molecule has 3 N–H and O–H groups in total. The average molecular weight is 434 g/mol. The molecular formula is C18H19N5O4S2. The van der Waals surface area contributed by atoms with Crippen LogP contribution in [0, 0.1) is 6.92 Å². The van der Waals surface area contributed by atoms with Gasteiger partial charge in [-0.05, 0) is 56.2 Å². The number of sulfonamides is 2. The van der Waals surface area contributed by atoms with Crippen molar-refractivity contribution in [2.45, 2.75) is 35.6 Å². The summed E-state index contributed by atoms with van der Waals surface area (Å²) in [7, 11) is -7.53. The second-order valence-electron chi connectivity index (χ2n) is 6.80. The van der Waals surface area contributed by atoms with E-state index in [9.17, 15) is 16.8 Å². The number of rotatable bonds is 7. The van der Waals surface area contributed by atoms with Gasteiger partial charge < -0.3 is 0 Å². The Kier molecular flexibility index (Phi) is 4.89. The Morgan fingerprint density at radius 3 is 2.21 bits per heavy atom. The van der Waals surface area contributed by atoms with E-state index < -0.39 is 20.0 Å². The molecule has 1 heterocycles. The van der Waals surface area contributed by atoms with Crippen LogP contribution in [0.4, 0.5) is 5.69 Å². The summed E-state index contributed by atoms with van der Waals surface area (Å²) in [5, 5.41) is 6.80. The second-order valence-corrected chi connectivity index (χ2v) is 10.2. The van der Waals surface area contributed by atoms with E-state index in [1.54, 1.807) is 31.2 Å². The van der Waals surface area contributed by atoms with Crippen molar-refractivity contribution in [1.29, 1.82) is 0 Å². The summed E-state index contributed by atoms with van der Waals surface area (Å²) in [6.07, 6.45) is 1.64. The molecule has 0 radical (unpaired) electrons. The molecule has 1 aliphatic carbocycles. The Hall–Kier alpha value is -2.76. The highest BCUT2D eigenvalue weighted by Crippen LogP contribution is 2.24. The number of anilines is 1. The molecule has 0 unspecified atom stereocenters. The molecule has 4 rings (SSSR count). The van der Waals surface area contributed by atoms with Crippen molar-refractivity contribution < 1.29 is 16.8 Å². The predicted molar refractivity (Wildman–Crippen MR) is 107 cm³/mol. The van der Waals surface area contributed by atoms with Crippen molar-refractivity contribution in [3.63, 3.8) is 0 Å². The molecule has 0 saturated heterocycles. The molecule has 0 aliphatic heterocycles. The van der Waals surface area contributed by atoms with Crippen LogP contribution in [0.2, 0.25) is 0 Å². The smallest absolute Gasteiger partial charge is 0.261 e. The molecule has 0 amide bonds. The third kappa shape index (κ3) is 4.47. The lowest BCUT2D eigenvalue weighted by atomic mass is 10.2. The molecule has 0 spiro atoms. The lowest BCUT2D eigenvalue weighted by molar-refractivity contribution is 0.580. The molecule has 1 aliphatic rings. The molecule has 1 aromatic heterocycles. The van der Waals surface area contributed by atoms with E-state index in [1.807, 2.05) is 0 Å². The van der Waals surface area contributed by atoms with Crippen molar-refractivity contribution in [1.82, 2.24) is 19.9 Å². The SMILES string of the molecule is Cc1nc(-c2cccc(NS(=O)(=O)c3ccc(S(=O)(=O)NC4CC4)cc3)c2)n[nH]1. The minimum atomic E-state index is -3.89. The molecule has 3 aromatic rings. The van der Waals surface area contributed by atoms with E-state index in [0.29, 0.717) is 22.9 Å². The monoisotopic (exact) mass is 433 g/mol. The largest absolute Gasteiger partial charge is 0.280 e. The molecular weight excluding hydrogens is 414 g/mol. The minimum Gasteiger partial charge on any atom is -0.280 e. The van der Waals surface area contributed by atoms with Crippen LogP contribution < -0.4 is 9.44 Å². The van der Waals surface area contributed by atoms with Crippen molar-refractivity contribution >= 4 is 25.7 Å². The molecule has 2 aromatic carbocycles. The summed E-state index contributed by atoms with van der Waals surface area (Å²) < 4.78 is 54.9. The number of hydrogen-bond acceptors (Lipinski definition) is 6. The van der Waals surface area contributed by atoms with Gasteiger partial charge in [-0.25, -0.2) is 26.5 Å². The van der Waals surface area contributed by atoms with Crippen LogP contribution in [0.15, 0.2) is 58.3 Å². The second kappa shape index (κ2) is 7.25. The molecule has 29 heavy (non-hydrogen) atoms. The highest BCUT2D eigenvalue weighted by atomic mass is 32.2. The minimum absolute atomic E-state index is 0.0230. The maximum atomic E-state index is 12.7. The van der Waals surface area contributed by atoms with Gasteiger partial charge in [0.15, 0.2) is 5.82 Å². The third-order valence-corrected chi connectivity index (χ3v) is 7.25. The number of nitrogens with zero attached hydrogens (tertiary/aromatic N) is 2. The molecule has 0 atom stereocenters. The first-order valence-electron chi connectivity index (χ1n) is 8.88. The van der Waals surface area contributed by atoms with Crippen LogP contribution >= 0.6 is 0 Å². The number of nitrogens with one attached hydrogen (secondary N) is 3. The lowest BCUT2D eigenvalue weighted by Crippen LogP contribution is -2.25. The first kappa shape index (κ1) is 19.6. The Bertz CT molecular complexity index is 1250. The third-order valence-electron chi connectivity index (χ3n) is 4.31. The Morgan fingerprint density at radius 2 is 1.62 bits per heavy atom. The van der Waals surface area contributed by atoms with E-state index in [4.69, 9.17) is 0 Å². The fourth-order valence-electron chi connectivity index (χ4n) is 2.69. The van der Waals surface area contributed by atoms with Crippen molar-refractivity contribution in [3.8, 4) is 11.4 Å². The molecule has 1 fully saturated rings. The van der Waals surface area contributed by atoms with Gasteiger partial charge in [-0.3, -0.25) is 9.82 Å². The average Bonchev–Trinajstić information content (AvgIpc) is 3.37. The van der Waals surface area contributed by atoms with Crippen LogP contribution in [-0.2, 0) is 20.0 Å². The van der Waals surface area contributed by atoms with E-state index in [0.717, 1.165) is 12.8 Å². The molecule has 11 heteroatoms. The van der Waals surface area contributed by atoms with Crippen LogP contribution in [0.25, 0.3) is 11.4 Å². The first-order valence-corrected chi connectivity index (χ1v) is 11.8. The first-order chi connectivity index (χ1) is 13.7. The van der Waals surface area contributed by atoms with E-state index in [-0.39, 0.29) is 15.8 Å². The maximum Gasteiger partial charge on any atom is 0.261 e. The van der Waals surface area contributed by atoms with Crippen LogP contribution in [0.1, 0.15) is 18.7 Å². The fraction of sp³-hybridized carbons (Fsp3) is 0.222. The summed E-state index contributed by atoms with van der Waals surface area (Å²) in [6.45, 7) is 1.77. The highest BCUT2D eigenvalue weighted by Gasteiger charge is 2.28. The Morgan fingerprint density at radius 1 is 0.966 bits per heavy atom. The summed E-state index contributed by atoms with van der Waals surface area (Å²) in [4.78, 5) is 4.22. The van der Waals surface area contributed by atoms with Crippen molar-refractivity contribution in [2.24, 2.45) is 0 Å². The van der Waals surface area contributed by atoms with Gasteiger partial charge in [0.1, 0.15) is 5.82 Å². The number of aromatic nitrogens is 3. The maximum absolute atomic E-state index is 12.7. The van der Waals surface area contributed by atoms with Gasteiger partial charge in [-0.15, -0.1) is 0 Å². The Balaban J connectivity index is 1.54. The normalized spacial score (nSPS) is 14.7. The molecule has 152 valence electrons. The summed E-state index contributed by atoms with van der Waals surface area (Å²) >= 11 is 0. The lowest BCUT2D eigenvalue weighted by Gasteiger charge is -2.10. The van der Waals surface area contributed by atoms with Gasteiger partial charge in [-0.2, -0.15) is 5.10 Å². The number of H-pyrrole nitrogens is 1. The van der Waals surface area contributed by atoms with Crippen LogP contribution in [0.5, 0.6) is 0 Å². The summed E-state index contributed by atoms with van der Waals surface area (Å²) in [6, 6.07) is 11.8. The zero-order valence-corrected chi connectivity index (χ0v) is 17.1. The summed E-state index contributed by atoms with van der Waals surface area (Å²) in [5.74, 6) is 1.11. The van der Waals surface area contributed by atoms with E-state index >= 15 is 0 Å². The van der Waals surface area contributed by atoms with Crippen LogP contribution in [-0.4, -0.2) is 38.1 Å². The quantitative estimate of drug-likeness (QED) is 0.522. The van der Waals surface area contributed by atoms with Crippen molar-refractivity contribution in [3.05, 3.63) is 54.4 Å². The van der Waals surface area contributed by atoms with Gasteiger partial charge in [0.05, 0.1) is 9.79 Å². The van der Waals surface area contributed by atoms with Gasteiger partial charge >= 0.3 is 0 Å². The molecule has 9 nitrogen and oxygen atoms in total. The number of aryl methyl sites for hydroxylation is 1. The fourth-order valence-corrected chi connectivity index (χ4v) is 5.05. The van der Waals surface area contributed by atoms with Gasteiger partial charge in [0.2, 0.25) is 10.0 Å². The van der Waals surface area contributed by atoms with Gasteiger partial charge in [0, 0.05) is 17.3 Å². The van der Waals surface area contributed by atoms with E-state index in [2.05, 4.69) is 24.6 Å². The van der Waals surface area contributed by atoms with Crippen LogP contribution in [0.3, 0.4) is 0 Å². The summed E-state index contributed by atoms with van der Waals surface area (Å²) in [5.41, 5.74) is 0.999. The number of hydrogen-bond donors (Lipinski definition) is 3. The molecule has 0 bridgehead atoms. The van der Waals surface area contributed by atoms with E-state index in [1.165, 1.54) is 24.3 Å². The predicted octanol–water partition coefficient (Wildman–Crippen LogP) is 2.02. The zero-order valence-electron chi connectivity index (χ0n) is 15.5. The highest BCUT2D eigenvalue weighted by molar-refractivity contribution is 7.92. The molecule has 1 saturated carbocycles. The zero-order chi connectivity index (χ0) is 20.6.